The lowest BCUT2D eigenvalue weighted by molar-refractivity contribution is -0.307. The first-order valence-electron chi connectivity index (χ1n) is 6.01. The van der Waals surface area contributed by atoms with Gasteiger partial charge in [-0.1, -0.05) is 18.2 Å². The van der Waals surface area contributed by atoms with Crippen LogP contribution in [-0.4, -0.2) is 33.1 Å². The Morgan fingerprint density at radius 1 is 1.33 bits per heavy atom. The molecule has 1 N–H and O–H groups in total. The standard InChI is InChI=1S/C13H13NO6S/c1-8(12(15)16)14-13(17)20-7-10-6-9-4-2-3-5-11(9)21(10,18)19/h2-6,8H,7H2,1H3,(H,14,17)(H,15,16)/p-1/t8-/m0/s1. The number of benzene rings is 1. The summed E-state index contributed by atoms with van der Waals surface area (Å²) in [6.07, 6.45) is 0.388. The lowest BCUT2D eigenvalue weighted by Gasteiger charge is -2.14. The number of sulfone groups is 1. The van der Waals surface area contributed by atoms with Crippen molar-refractivity contribution >= 4 is 28.0 Å². The van der Waals surface area contributed by atoms with Gasteiger partial charge in [-0.3, -0.25) is 0 Å². The highest BCUT2D eigenvalue weighted by Crippen LogP contribution is 2.32. The Labute approximate surface area is 121 Å². The second-order valence-corrected chi connectivity index (χ2v) is 6.38. The van der Waals surface area contributed by atoms with E-state index in [2.05, 4.69) is 0 Å². The molecule has 1 atom stereocenters. The molecule has 2 rings (SSSR count). The van der Waals surface area contributed by atoms with E-state index < -0.39 is 34.5 Å². The number of amides is 1. The zero-order valence-electron chi connectivity index (χ0n) is 11.0. The fraction of sp³-hybridized carbons (Fsp3) is 0.231. The van der Waals surface area contributed by atoms with Crippen molar-refractivity contribution in [2.45, 2.75) is 17.9 Å². The van der Waals surface area contributed by atoms with Gasteiger partial charge < -0.3 is 20.0 Å². The van der Waals surface area contributed by atoms with E-state index in [1.165, 1.54) is 19.1 Å². The Morgan fingerprint density at radius 2 is 2.00 bits per heavy atom. The van der Waals surface area contributed by atoms with Crippen molar-refractivity contribution in [2.24, 2.45) is 0 Å². The molecule has 0 unspecified atom stereocenters. The summed E-state index contributed by atoms with van der Waals surface area (Å²) in [5, 5.41) is 12.5. The Kier molecular flexibility index (Phi) is 3.99. The van der Waals surface area contributed by atoms with Gasteiger partial charge in [0.15, 0.2) is 0 Å². The molecule has 0 aliphatic carbocycles. The third kappa shape index (κ3) is 3.05. The van der Waals surface area contributed by atoms with Gasteiger partial charge in [0, 0.05) is 0 Å². The molecule has 0 aromatic heterocycles. The van der Waals surface area contributed by atoms with Crippen molar-refractivity contribution in [3.05, 3.63) is 34.7 Å². The van der Waals surface area contributed by atoms with Gasteiger partial charge in [0.05, 0.1) is 21.8 Å². The molecular weight excluding hydrogens is 298 g/mol. The summed E-state index contributed by atoms with van der Waals surface area (Å²) in [5.74, 6) is -1.47. The van der Waals surface area contributed by atoms with E-state index in [0.717, 1.165) is 0 Å². The number of rotatable bonds is 4. The fourth-order valence-corrected chi connectivity index (χ4v) is 3.24. The van der Waals surface area contributed by atoms with Crippen LogP contribution in [0.3, 0.4) is 0 Å². The largest absolute Gasteiger partial charge is 0.548 e. The lowest BCUT2D eigenvalue weighted by atomic mass is 10.2. The number of carbonyl (C=O) groups is 2. The van der Waals surface area contributed by atoms with Crippen LogP contribution in [0.4, 0.5) is 4.79 Å². The van der Waals surface area contributed by atoms with Crippen LogP contribution in [0, 0.1) is 0 Å². The van der Waals surface area contributed by atoms with Crippen LogP contribution in [-0.2, 0) is 19.4 Å². The van der Waals surface area contributed by atoms with Gasteiger partial charge in [0.25, 0.3) is 0 Å². The molecule has 112 valence electrons. The summed E-state index contributed by atoms with van der Waals surface area (Å²) in [6, 6.07) is 5.17. The molecule has 0 radical (unpaired) electrons. The van der Waals surface area contributed by atoms with Crippen molar-refractivity contribution in [1.82, 2.24) is 5.32 Å². The number of aliphatic carboxylic acids is 1. The second kappa shape index (κ2) is 5.57. The average Bonchev–Trinajstić information content (AvgIpc) is 2.68. The van der Waals surface area contributed by atoms with Gasteiger partial charge in [0.1, 0.15) is 6.61 Å². The molecule has 0 fully saturated rings. The Bertz CT molecular complexity index is 722. The molecule has 1 aromatic carbocycles. The number of carboxylic acids is 1. The molecule has 1 amide bonds. The Hall–Kier alpha value is -2.35. The molecule has 7 nitrogen and oxygen atoms in total. The quantitative estimate of drug-likeness (QED) is 0.815. The minimum atomic E-state index is -3.66. The van der Waals surface area contributed by atoms with Crippen molar-refractivity contribution in [2.75, 3.05) is 6.61 Å². The van der Waals surface area contributed by atoms with Gasteiger partial charge in [-0.05, 0) is 24.6 Å². The van der Waals surface area contributed by atoms with Gasteiger partial charge in [-0.2, -0.15) is 0 Å². The third-order valence-electron chi connectivity index (χ3n) is 2.90. The molecular formula is C13H12NO6S-. The van der Waals surface area contributed by atoms with E-state index in [0.29, 0.717) is 5.56 Å². The van der Waals surface area contributed by atoms with E-state index >= 15 is 0 Å². The molecule has 0 bridgehead atoms. The zero-order valence-corrected chi connectivity index (χ0v) is 11.8. The molecule has 8 heteroatoms. The second-order valence-electron chi connectivity index (χ2n) is 4.41. The zero-order chi connectivity index (χ0) is 15.6. The number of hydrogen-bond donors (Lipinski definition) is 1. The van der Waals surface area contributed by atoms with Gasteiger partial charge in [-0.15, -0.1) is 0 Å². The van der Waals surface area contributed by atoms with Gasteiger partial charge in [0.2, 0.25) is 9.84 Å². The highest BCUT2D eigenvalue weighted by Gasteiger charge is 2.29. The third-order valence-corrected chi connectivity index (χ3v) is 4.78. The number of carboxylic acid groups (broad SMARTS) is 1. The van der Waals surface area contributed by atoms with Crippen LogP contribution in [0.1, 0.15) is 12.5 Å². The number of hydrogen-bond acceptors (Lipinski definition) is 6. The summed E-state index contributed by atoms with van der Waals surface area (Å²) in [6.45, 7) is 0.737. The summed E-state index contributed by atoms with van der Waals surface area (Å²) in [7, 11) is -3.66. The summed E-state index contributed by atoms with van der Waals surface area (Å²) in [5.41, 5.74) is 0.527. The fourth-order valence-electron chi connectivity index (χ4n) is 1.77. The van der Waals surface area contributed by atoms with Gasteiger partial charge >= 0.3 is 6.09 Å². The van der Waals surface area contributed by atoms with Crippen LogP contribution in [0.25, 0.3) is 6.08 Å². The highest BCUT2D eigenvalue weighted by molar-refractivity contribution is 7.95. The van der Waals surface area contributed by atoms with Crippen molar-refractivity contribution in [1.29, 1.82) is 0 Å². The smallest absolute Gasteiger partial charge is 0.408 e. The number of alkyl carbamates (subject to hydrolysis) is 1. The van der Waals surface area contributed by atoms with Crippen LogP contribution in [0.2, 0.25) is 0 Å². The maximum atomic E-state index is 12.1. The maximum absolute atomic E-state index is 12.1. The van der Waals surface area contributed by atoms with E-state index in [-0.39, 0.29) is 9.80 Å². The molecule has 1 aromatic rings. The number of carbonyl (C=O) groups excluding carboxylic acids is 2. The molecule has 0 spiro atoms. The Balaban J connectivity index is 2.03. The molecule has 0 saturated carbocycles. The minimum absolute atomic E-state index is 0.0556. The molecule has 0 saturated heterocycles. The Morgan fingerprint density at radius 3 is 2.62 bits per heavy atom. The van der Waals surface area contributed by atoms with E-state index in [4.69, 9.17) is 4.74 Å². The van der Waals surface area contributed by atoms with Crippen LogP contribution in [0.5, 0.6) is 0 Å². The topological polar surface area (TPSA) is 113 Å². The SMILES string of the molecule is C[C@H](NC(=O)OCC1=Cc2ccccc2S1(=O)=O)C(=O)[O-]. The van der Waals surface area contributed by atoms with Crippen molar-refractivity contribution in [3.63, 3.8) is 0 Å². The van der Waals surface area contributed by atoms with Crippen LogP contribution >= 0.6 is 0 Å². The van der Waals surface area contributed by atoms with Crippen LogP contribution in [0.15, 0.2) is 34.1 Å². The number of fused-ring (bicyclic) bond motifs is 1. The maximum Gasteiger partial charge on any atom is 0.408 e. The summed E-state index contributed by atoms with van der Waals surface area (Å²) in [4.78, 5) is 21.9. The van der Waals surface area contributed by atoms with E-state index in [1.807, 2.05) is 5.32 Å². The molecule has 21 heavy (non-hydrogen) atoms. The highest BCUT2D eigenvalue weighted by atomic mass is 32.2. The number of nitrogens with one attached hydrogen (secondary N) is 1. The minimum Gasteiger partial charge on any atom is -0.548 e. The van der Waals surface area contributed by atoms with Crippen molar-refractivity contribution < 1.29 is 27.9 Å². The lowest BCUT2D eigenvalue weighted by Crippen LogP contribution is -2.46. The molecule has 1 heterocycles. The predicted octanol–water partition coefficient (Wildman–Crippen LogP) is -0.321. The number of ether oxygens (including phenoxy) is 1. The normalized spacial score (nSPS) is 16.5. The first kappa shape index (κ1) is 15.0. The summed E-state index contributed by atoms with van der Waals surface area (Å²) < 4.78 is 29.0. The van der Waals surface area contributed by atoms with Crippen LogP contribution < -0.4 is 10.4 Å². The van der Waals surface area contributed by atoms with Gasteiger partial charge in [-0.25, -0.2) is 13.2 Å². The molecule has 1 aliphatic rings. The monoisotopic (exact) mass is 310 g/mol. The predicted molar refractivity (Wildman–Crippen MR) is 70.6 cm³/mol. The summed E-state index contributed by atoms with van der Waals surface area (Å²) >= 11 is 0. The average molecular weight is 310 g/mol. The molecule has 1 aliphatic heterocycles. The first-order chi connectivity index (χ1) is 9.82. The van der Waals surface area contributed by atoms with E-state index in [9.17, 15) is 23.1 Å². The van der Waals surface area contributed by atoms with Crippen molar-refractivity contribution in [3.8, 4) is 0 Å². The first-order valence-corrected chi connectivity index (χ1v) is 7.49. The van der Waals surface area contributed by atoms with E-state index in [1.54, 1.807) is 18.2 Å².